The number of rotatable bonds is 4. The molecule has 2 atom stereocenters. The number of carbonyl (C=O) groups is 2. The minimum absolute atomic E-state index is 0.0294. The third-order valence-electron chi connectivity index (χ3n) is 4.73. The fourth-order valence-electron chi connectivity index (χ4n) is 3.16. The van der Waals surface area contributed by atoms with Crippen molar-refractivity contribution in [3.05, 3.63) is 40.2 Å². The molecule has 1 aliphatic rings. The summed E-state index contributed by atoms with van der Waals surface area (Å²) in [6.07, 6.45) is 4.06. The van der Waals surface area contributed by atoms with Crippen molar-refractivity contribution in [1.29, 1.82) is 0 Å². The molecule has 1 aliphatic heterocycles. The van der Waals surface area contributed by atoms with Crippen LogP contribution in [-0.4, -0.2) is 52.4 Å². The van der Waals surface area contributed by atoms with E-state index in [9.17, 15) is 9.59 Å². The molecule has 0 saturated carbocycles. The summed E-state index contributed by atoms with van der Waals surface area (Å²) in [6, 6.07) is 1.72. The van der Waals surface area contributed by atoms with Gasteiger partial charge in [-0.15, -0.1) is 0 Å². The van der Waals surface area contributed by atoms with Crippen molar-refractivity contribution in [1.82, 2.24) is 20.2 Å². The zero-order valence-electron chi connectivity index (χ0n) is 15.4. The number of hydrogen-bond donors (Lipinski definition) is 2. The molecule has 0 radical (unpaired) electrons. The van der Waals surface area contributed by atoms with E-state index in [2.05, 4.69) is 20.6 Å². The Hall–Kier alpha value is -2.48. The van der Waals surface area contributed by atoms with E-state index < -0.39 is 0 Å². The number of likely N-dealkylation sites (tertiary alicyclic amines) is 1. The fourth-order valence-corrected chi connectivity index (χ4v) is 3.84. The Labute approximate surface area is 156 Å². The lowest BCUT2D eigenvalue weighted by molar-refractivity contribution is 0.0728. The maximum Gasteiger partial charge on any atom is 0.263 e. The predicted molar refractivity (Wildman–Crippen MR) is 102 cm³/mol. The number of thiazole rings is 1. The van der Waals surface area contributed by atoms with Crippen LogP contribution in [0.15, 0.2) is 18.5 Å². The smallest absolute Gasteiger partial charge is 0.263 e. The number of aromatic nitrogens is 2. The highest BCUT2D eigenvalue weighted by Crippen LogP contribution is 2.23. The number of hydrogen-bond acceptors (Lipinski definition) is 6. The van der Waals surface area contributed by atoms with Crippen LogP contribution in [0.25, 0.3) is 0 Å². The number of amides is 2. The van der Waals surface area contributed by atoms with Crippen molar-refractivity contribution in [2.24, 2.45) is 0 Å². The number of carbonyl (C=O) groups excluding carboxylic acids is 2. The van der Waals surface area contributed by atoms with Crippen LogP contribution < -0.4 is 10.6 Å². The lowest BCUT2D eigenvalue weighted by Gasteiger charge is -2.25. The molecule has 7 nitrogen and oxygen atoms in total. The summed E-state index contributed by atoms with van der Waals surface area (Å²) in [4.78, 5) is 36.2. The Morgan fingerprint density at radius 1 is 1.27 bits per heavy atom. The van der Waals surface area contributed by atoms with E-state index in [-0.39, 0.29) is 23.9 Å². The van der Waals surface area contributed by atoms with Crippen LogP contribution in [0.4, 0.5) is 5.13 Å². The monoisotopic (exact) mass is 373 g/mol. The van der Waals surface area contributed by atoms with Gasteiger partial charge in [0.25, 0.3) is 11.8 Å². The third-order valence-corrected chi connectivity index (χ3v) is 5.74. The van der Waals surface area contributed by atoms with Gasteiger partial charge in [0.05, 0.1) is 17.8 Å². The fraction of sp³-hybridized carbons (Fsp3) is 0.444. The Bertz CT molecular complexity index is 835. The highest BCUT2D eigenvalue weighted by molar-refractivity contribution is 7.17. The molecule has 2 N–H and O–H groups in total. The minimum atomic E-state index is -0.149. The lowest BCUT2D eigenvalue weighted by Crippen LogP contribution is -2.45. The maximum absolute atomic E-state index is 12.9. The summed E-state index contributed by atoms with van der Waals surface area (Å²) >= 11 is 1.31. The van der Waals surface area contributed by atoms with Gasteiger partial charge in [0.2, 0.25) is 0 Å². The molecule has 2 aromatic rings. The van der Waals surface area contributed by atoms with Crippen molar-refractivity contribution < 1.29 is 9.59 Å². The van der Waals surface area contributed by atoms with Gasteiger partial charge in [-0.2, -0.15) is 0 Å². The molecule has 2 aromatic heterocycles. The molecule has 0 spiro atoms. The van der Waals surface area contributed by atoms with E-state index in [0.717, 1.165) is 17.7 Å². The van der Waals surface area contributed by atoms with E-state index >= 15 is 0 Å². The van der Waals surface area contributed by atoms with Crippen LogP contribution in [-0.2, 0) is 0 Å². The Morgan fingerprint density at radius 3 is 2.73 bits per heavy atom. The van der Waals surface area contributed by atoms with Crippen LogP contribution in [0.1, 0.15) is 44.6 Å². The second-order valence-electron chi connectivity index (χ2n) is 6.53. The van der Waals surface area contributed by atoms with Crippen molar-refractivity contribution in [2.45, 2.75) is 39.3 Å². The number of pyridine rings is 1. The summed E-state index contributed by atoms with van der Waals surface area (Å²) < 4.78 is 0. The molecule has 2 amide bonds. The highest BCUT2D eigenvalue weighted by atomic mass is 32.1. The molecule has 138 valence electrons. The van der Waals surface area contributed by atoms with Gasteiger partial charge >= 0.3 is 0 Å². The van der Waals surface area contributed by atoms with E-state index in [1.165, 1.54) is 11.3 Å². The molecule has 1 fully saturated rings. The van der Waals surface area contributed by atoms with Crippen molar-refractivity contribution in [3.8, 4) is 0 Å². The Kier molecular flexibility index (Phi) is 5.22. The zero-order valence-corrected chi connectivity index (χ0v) is 16.2. The van der Waals surface area contributed by atoms with Gasteiger partial charge in [-0.05, 0) is 38.8 Å². The van der Waals surface area contributed by atoms with E-state index in [1.807, 2.05) is 31.7 Å². The first-order valence-corrected chi connectivity index (χ1v) is 9.41. The van der Waals surface area contributed by atoms with Crippen LogP contribution in [0, 0.1) is 13.8 Å². The van der Waals surface area contributed by atoms with Crippen molar-refractivity contribution >= 4 is 28.3 Å². The summed E-state index contributed by atoms with van der Waals surface area (Å²) in [6.45, 7) is 6.35. The van der Waals surface area contributed by atoms with Gasteiger partial charge in [-0.1, -0.05) is 11.3 Å². The summed E-state index contributed by atoms with van der Waals surface area (Å²) in [7, 11) is 1.77. The first-order chi connectivity index (χ1) is 12.4. The maximum atomic E-state index is 12.9. The van der Waals surface area contributed by atoms with Gasteiger partial charge in [0, 0.05) is 31.5 Å². The van der Waals surface area contributed by atoms with E-state index in [1.54, 1.807) is 19.4 Å². The Morgan fingerprint density at radius 2 is 2.04 bits per heavy atom. The first kappa shape index (κ1) is 18.3. The minimum Gasteiger partial charge on any atom is -0.365 e. The topological polar surface area (TPSA) is 87.2 Å². The molecule has 1 saturated heterocycles. The number of nitrogens with one attached hydrogen (secondary N) is 2. The largest absolute Gasteiger partial charge is 0.365 e. The molecule has 0 unspecified atom stereocenters. The molecule has 0 aromatic carbocycles. The van der Waals surface area contributed by atoms with Crippen molar-refractivity contribution in [2.75, 3.05) is 18.9 Å². The van der Waals surface area contributed by atoms with Crippen LogP contribution >= 0.6 is 11.3 Å². The van der Waals surface area contributed by atoms with Gasteiger partial charge < -0.3 is 15.5 Å². The molecule has 26 heavy (non-hydrogen) atoms. The van der Waals surface area contributed by atoms with Crippen molar-refractivity contribution in [3.63, 3.8) is 0 Å². The van der Waals surface area contributed by atoms with Crippen LogP contribution in [0.3, 0.4) is 0 Å². The average molecular weight is 373 g/mol. The van der Waals surface area contributed by atoms with Gasteiger partial charge in [-0.3, -0.25) is 14.6 Å². The molecule has 3 heterocycles. The average Bonchev–Trinajstić information content (AvgIpc) is 3.24. The second-order valence-corrected chi connectivity index (χ2v) is 7.56. The zero-order chi connectivity index (χ0) is 18.8. The standard InChI is InChI=1S/C18H23N5O2S/c1-10-7-13(11(2)20-8-10)17(25)23-6-5-14(12(23)3)22-16(24)15-9-21-18(19-4)26-15/h7-9,12,14H,5-6H2,1-4H3,(H,19,21)(H,22,24)/t12-,14-/m1/s1. The number of aryl methyl sites for hydroxylation is 2. The second kappa shape index (κ2) is 7.41. The number of anilines is 1. The highest BCUT2D eigenvalue weighted by Gasteiger charge is 2.36. The molecule has 0 bridgehead atoms. The van der Waals surface area contributed by atoms with E-state index in [4.69, 9.17) is 0 Å². The summed E-state index contributed by atoms with van der Waals surface area (Å²) in [5.41, 5.74) is 2.32. The third kappa shape index (κ3) is 3.55. The summed E-state index contributed by atoms with van der Waals surface area (Å²) in [5, 5.41) is 6.66. The lowest BCUT2D eigenvalue weighted by atomic mass is 10.1. The first-order valence-electron chi connectivity index (χ1n) is 8.59. The van der Waals surface area contributed by atoms with Gasteiger partial charge in [0.1, 0.15) is 4.88 Å². The predicted octanol–water partition coefficient (Wildman–Crippen LogP) is 2.23. The van der Waals surface area contributed by atoms with Gasteiger partial charge in [0.15, 0.2) is 5.13 Å². The molecule has 0 aliphatic carbocycles. The quantitative estimate of drug-likeness (QED) is 0.858. The molecule has 8 heteroatoms. The van der Waals surface area contributed by atoms with Crippen LogP contribution in [0.5, 0.6) is 0 Å². The molecular weight excluding hydrogens is 350 g/mol. The molecular formula is C18H23N5O2S. The molecule has 3 rings (SSSR count). The number of nitrogens with zero attached hydrogens (tertiary/aromatic N) is 3. The van der Waals surface area contributed by atoms with Gasteiger partial charge in [-0.25, -0.2) is 4.98 Å². The summed E-state index contributed by atoms with van der Waals surface area (Å²) in [5.74, 6) is -0.179. The normalized spacial score (nSPS) is 19.5. The van der Waals surface area contributed by atoms with E-state index in [0.29, 0.717) is 22.1 Å². The van der Waals surface area contributed by atoms with Crippen LogP contribution in [0.2, 0.25) is 0 Å². The SMILES string of the molecule is CNc1ncc(C(=O)N[C@@H]2CCN(C(=O)c3cc(C)cnc3C)[C@@H]2C)s1. The Balaban J connectivity index is 1.69.